The first kappa shape index (κ1) is 10.1. The Labute approximate surface area is 94.3 Å². The van der Waals surface area contributed by atoms with Gasteiger partial charge < -0.3 is 10.6 Å². The number of rotatable bonds is 1. The van der Waals surface area contributed by atoms with Gasteiger partial charge in [0.2, 0.25) is 0 Å². The van der Waals surface area contributed by atoms with E-state index in [0.29, 0.717) is 0 Å². The number of hydrogen-bond acceptors (Lipinski definition) is 4. The van der Waals surface area contributed by atoms with Crippen molar-refractivity contribution in [2.24, 2.45) is 0 Å². The van der Waals surface area contributed by atoms with Gasteiger partial charge in [-0.3, -0.25) is 0 Å². The van der Waals surface area contributed by atoms with E-state index in [1.165, 1.54) is 11.5 Å². The molecule has 0 atom stereocenters. The van der Waals surface area contributed by atoms with Crippen molar-refractivity contribution in [1.82, 2.24) is 0 Å². The summed E-state index contributed by atoms with van der Waals surface area (Å²) in [5.41, 5.74) is 7.95. The Balaban J connectivity index is 2.22. The zero-order valence-corrected chi connectivity index (χ0v) is 9.65. The number of nitrogen functional groups attached to an aromatic ring is 1. The number of anilines is 2. The van der Waals surface area contributed by atoms with Crippen molar-refractivity contribution in [2.75, 3.05) is 35.2 Å². The minimum atomic E-state index is 0.837. The first-order valence-corrected chi connectivity index (χ1v) is 6.29. The Hall–Kier alpha value is -0.480. The number of nitrogens with zero attached hydrogens (tertiary/aromatic N) is 1. The lowest BCUT2D eigenvalue weighted by atomic mass is 10.2. The Morgan fingerprint density at radius 1 is 1.29 bits per heavy atom. The van der Waals surface area contributed by atoms with E-state index in [9.17, 15) is 0 Å². The van der Waals surface area contributed by atoms with Gasteiger partial charge in [-0.1, -0.05) is 0 Å². The highest BCUT2D eigenvalue weighted by molar-refractivity contribution is 7.99. The van der Waals surface area contributed by atoms with Crippen molar-refractivity contribution < 1.29 is 0 Å². The van der Waals surface area contributed by atoms with Crippen molar-refractivity contribution in [3.8, 4) is 0 Å². The summed E-state index contributed by atoms with van der Waals surface area (Å²) in [5, 5.41) is 0. The van der Waals surface area contributed by atoms with E-state index < -0.39 is 0 Å². The molecule has 1 aromatic rings. The van der Waals surface area contributed by atoms with Gasteiger partial charge in [0.05, 0.1) is 11.4 Å². The van der Waals surface area contributed by atoms with Crippen molar-refractivity contribution in [1.29, 1.82) is 0 Å². The first-order chi connectivity index (χ1) is 6.77. The monoisotopic (exact) mass is 226 g/mol. The van der Waals surface area contributed by atoms with E-state index in [0.717, 1.165) is 29.4 Å². The summed E-state index contributed by atoms with van der Waals surface area (Å²) in [6.45, 7) is 2.20. The number of hydrogen-bond donors (Lipinski definition) is 2. The third-order valence-electron chi connectivity index (χ3n) is 2.36. The molecule has 76 valence electrons. The largest absolute Gasteiger partial charge is 0.397 e. The molecule has 1 heterocycles. The van der Waals surface area contributed by atoms with Crippen LogP contribution < -0.4 is 10.6 Å². The lowest BCUT2D eigenvalue weighted by Crippen LogP contribution is -2.32. The minimum Gasteiger partial charge on any atom is -0.397 e. The number of thioether (sulfide) groups is 1. The summed E-state index contributed by atoms with van der Waals surface area (Å²) in [7, 11) is 0. The van der Waals surface area contributed by atoms with Gasteiger partial charge in [0.1, 0.15) is 0 Å². The van der Waals surface area contributed by atoms with Crippen LogP contribution in [-0.4, -0.2) is 24.6 Å². The summed E-state index contributed by atoms with van der Waals surface area (Å²) < 4.78 is 0. The molecule has 0 spiro atoms. The second-order valence-electron chi connectivity index (χ2n) is 3.34. The van der Waals surface area contributed by atoms with Crippen LogP contribution in [0.25, 0.3) is 0 Å². The SMILES string of the molecule is Nc1cc(S)ccc1N1CCSCC1. The van der Waals surface area contributed by atoms with Gasteiger partial charge in [-0.2, -0.15) is 11.8 Å². The van der Waals surface area contributed by atoms with E-state index in [2.05, 4.69) is 23.6 Å². The smallest absolute Gasteiger partial charge is 0.0601 e. The maximum absolute atomic E-state index is 5.95. The van der Waals surface area contributed by atoms with Crippen molar-refractivity contribution in [3.05, 3.63) is 18.2 Å². The molecule has 1 fully saturated rings. The molecule has 1 aliphatic rings. The molecule has 0 unspecified atom stereocenters. The van der Waals surface area contributed by atoms with Gasteiger partial charge in [0.25, 0.3) is 0 Å². The topological polar surface area (TPSA) is 29.3 Å². The van der Waals surface area contributed by atoms with Crippen LogP contribution in [0.2, 0.25) is 0 Å². The predicted molar refractivity (Wildman–Crippen MR) is 67.6 cm³/mol. The summed E-state index contributed by atoms with van der Waals surface area (Å²) >= 11 is 6.27. The maximum atomic E-state index is 5.95. The molecule has 14 heavy (non-hydrogen) atoms. The average molecular weight is 226 g/mol. The molecular formula is C10H14N2S2. The van der Waals surface area contributed by atoms with Crippen LogP contribution in [0.4, 0.5) is 11.4 Å². The summed E-state index contributed by atoms with van der Waals surface area (Å²) in [6.07, 6.45) is 0. The quantitative estimate of drug-likeness (QED) is 0.568. The Kier molecular flexibility index (Phi) is 3.13. The van der Waals surface area contributed by atoms with Gasteiger partial charge >= 0.3 is 0 Å². The van der Waals surface area contributed by atoms with Gasteiger partial charge in [-0.15, -0.1) is 12.6 Å². The Bertz CT molecular complexity index is 322. The predicted octanol–water partition coefficient (Wildman–Crippen LogP) is 2.11. The van der Waals surface area contributed by atoms with Gasteiger partial charge in [0.15, 0.2) is 0 Å². The van der Waals surface area contributed by atoms with Gasteiger partial charge in [0, 0.05) is 29.5 Å². The molecule has 0 amide bonds. The molecule has 0 bridgehead atoms. The Morgan fingerprint density at radius 3 is 2.64 bits per heavy atom. The first-order valence-electron chi connectivity index (χ1n) is 4.68. The van der Waals surface area contributed by atoms with Gasteiger partial charge in [-0.25, -0.2) is 0 Å². The minimum absolute atomic E-state index is 0.837. The van der Waals surface area contributed by atoms with Gasteiger partial charge in [-0.05, 0) is 18.2 Å². The molecule has 1 aromatic carbocycles. The molecule has 1 saturated heterocycles. The fraction of sp³-hybridized carbons (Fsp3) is 0.400. The van der Waals surface area contributed by atoms with Crippen LogP contribution in [0.1, 0.15) is 0 Å². The van der Waals surface area contributed by atoms with Crippen molar-refractivity contribution >= 4 is 35.8 Å². The molecule has 0 saturated carbocycles. The lowest BCUT2D eigenvalue weighted by molar-refractivity contribution is 0.859. The fourth-order valence-corrected chi connectivity index (χ4v) is 2.75. The second kappa shape index (κ2) is 4.36. The highest BCUT2D eigenvalue weighted by Crippen LogP contribution is 2.27. The van der Waals surface area contributed by atoms with Crippen LogP contribution in [0.15, 0.2) is 23.1 Å². The van der Waals surface area contributed by atoms with Crippen molar-refractivity contribution in [3.63, 3.8) is 0 Å². The van der Waals surface area contributed by atoms with Crippen LogP contribution in [0, 0.1) is 0 Å². The highest BCUT2D eigenvalue weighted by atomic mass is 32.2. The van der Waals surface area contributed by atoms with E-state index in [1.54, 1.807) is 0 Å². The molecule has 2 nitrogen and oxygen atoms in total. The third-order valence-corrected chi connectivity index (χ3v) is 3.58. The van der Waals surface area contributed by atoms with Crippen LogP contribution >= 0.6 is 24.4 Å². The average Bonchev–Trinajstić information content (AvgIpc) is 2.19. The molecule has 2 rings (SSSR count). The summed E-state index contributed by atoms with van der Waals surface area (Å²) in [6, 6.07) is 5.98. The van der Waals surface area contributed by atoms with E-state index in [-0.39, 0.29) is 0 Å². The normalized spacial score (nSPS) is 17.1. The molecular weight excluding hydrogens is 212 g/mol. The fourth-order valence-electron chi connectivity index (χ4n) is 1.63. The van der Waals surface area contributed by atoms with E-state index >= 15 is 0 Å². The maximum Gasteiger partial charge on any atom is 0.0601 e. The van der Waals surface area contributed by atoms with E-state index in [4.69, 9.17) is 5.73 Å². The summed E-state index contributed by atoms with van der Waals surface area (Å²) in [5.74, 6) is 2.39. The number of benzene rings is 1. The van der Waals surface area contributed by atoms with Crippen molar-refractivity contribution in [2.45, 2.75) is 4.90 Å². The molecule has 2 N–H and O–H groups in total. The molecule has 0 aromatic heterocycles. The molecule has 0 radical (unpaired) electrons. The van der Waals surface area contributed by atoms with Crippen LogP contribution in [0.3, 0.4) is 0 Å². The summed E-state index contributed by atoms with van der Waals surface area (Å²) in [4.78, 5) is 3.27. The third kappa shape index (κ3) is 2.12. The second-order valence-corrected chi connectivity index (χ2v) is 5.08. The van der Waals surface area contributed by atoms with Crippen LogP contribution in [-0.2, 0) is 0 Å². The Morgan fingerprint density at radius 2 is 2.00 bits per heavy atom. The highest BCUT2D eigenvalue weighted by Gasteiger charge is 2.13. The molecule has 4 heteroatoms. The van der Waals surface area contributed by atoms with E-state index in [1.807, 2.05) is 23.9 Å². The zero-order chi connectivity index (χ0) is 9.97. The zero-order valence-electron chi connectivity index (χ0n) is 7.94. The molecule has 1 aliphatic heterocycles. The number of thiol groups is 1. The van der Waals surface area contributed by atoms with Crippen LogP contribution in [0.5, 0.6) is 0 Å². The molecule has 0 aliphatic carbocycles. The lowest BCUT2D eigenvalue weighted by Gasteiger charge is -2.29. The standard InChI is InChI=1S/C10H14N2S2/c11-9-7-8(13)1-2-10(9)12-3-5-14-6-4-12/h1-2,7,13H,3-6,11H2. The number of nitrogens with two attached hydrogens (primary N) is 1.